The maximum absolute atomic E-state index is 13.0. The molecule has 0 radical (unpaired) electrons. The molecular formula is C32H43N3O11. The molecule has 3 amide bonds. The Bertz CT molecular complexity index is 1360. The molecule has 1 aromatic heterocycles. The van der Waals surface area contributed by atoms with Crippen molar-refractivity contribution in [3.05, 3.63) is 41.7 Å². The first-order chi connectivity index (χ1) is 21.9. The van der Waals surface area contributed by atoms with Gasteiger partial charge in [0.05, 0.1) is 31.2 Å². The van der Waals surface area contributed by atoms with Crippen molar-refractivity contribution in [2.75, 3.05) is 13.3 Å². The first-order valence-electron chi connectivity index (χ1n) is 15.3. The zero-order valence-electron chi connectivity index (χ0n) is 26.3. The Morgan fingerprint density at radius 1 is 1.00 bits per heavy atom. The summed E-state index contributed by atoms with van der Waals surface area (Å²) in [7, 11) is 0. The lowest BCUT2D eigenvalue weighted by atomic mass is 9.90. The van der Waals surface area contributed by atoms with Crippen molar-refractivity contribution >= 4 is 35.9 Å². The summed E-state index contributed by atoms with van der Waals surface area (Å²) in [5, 5.41) is 34.0. The largest absolute Gasteiger partial charge is 0.494 e. The zero-order chi connectivity index (χ0) is 34.2. The molecule has 14 heteroatoms. The molecule has 0 unspecified atom stereocenters. The van der Waals surface area contributed by atoms with Crippen molar-refractivity contribution in [1.82, 2.24) is 15.7 Å². The first kappa shape index (κ1) is 37.5. The summed E-state index contributed by atoms with van der Waals surface area (Å²) in [6.07, 6.45) is 2.58. The van der Waals surface area contributed by atoms with Gasteiger partial charge in [-0.1, -0.05) is 33.1 Å². The van der Waals surface area contributed by atoms with Crippen molar-refractivity contribution in [1.29, 1.82) is 0 Å². The van der Waals surface area contributed by atoms with E-state index in [0.717, 1.165) is 19.3 Å². The lowest BCUT2D eigenvalue weighted by molar-refractivity contribution is -0.168. The molecule has 3 atom stereocenters. The standard InChI is InChI=1S/C32H43N3O11/c1-4-7-8-9-24(25(5-2)35(44)19-36)30(40)33-18-34-31(41)28-12-11-27(46-28)22-14-21(15-23(16-22)45-6-3)26(37)17-20(32(42)43)10-13-29(38)39/h11-12,14-16,19-20,24-25,44H,4-10,13,17-18H2,1-3H3,(H,33,40)(H,34,41)(H,38,39)(H,42,43)/t20-,24-,25-/m1/s1. The Balaban J connectivity index is 2.15. The number of Topliss-reactive ketones (excluding diaryl/α,β-unsaturated/α-hetero) is 1. The number of aliphatic carboxylic acids is 2. The molecule has 0 aliphatic rings. The Morgan fingerprint density at radius 3 is 2.35 bits per heavy atom. The van der Waals surface area contributed by atoms with Crippen LogP contribution in [0.3, 0.4) is 0 Å². The van der Waals surface area contributed by atoms with Crippen molar-refractivity contribution < 1.29 is 53.3 Å². The molecule has 2 rings (SSSR count). The SMILES string of the molecule is CCCCC[C@@H](C(=O)NCNC(=O)c1ccc(-c2cc(OCC)cc(C(=O)C[C@@H](CCC(=O)O)C(=O)O)c2)o1)[C@@H](CC)N(O)C=O. The number of ketones is 1. The second-order valence-corrected chi connectivity index (χ2v) is 10.7. The number of nitrogens with zero attached hydrogens (tertiary/aromatic N) is 1. The molecule has 14 nitrogen and oxygen atoms in total. The number of rotatable bonds is 22. The average Bonchev–Trinajstić information content (AvgIpc) is 3.53. The van der Waals surface area contributed by atoms with Gasteiger partial charge in [-0.15, -0.1) is 0 Å². The fraction of sp³-hybridized carbons (Fsp3) is 0.500. The number of carboxylic acids is 2. The van der Waals surface area contributed by atoms with E-state index in [1.54, 1.807) is 19.9 Å². The highest BCUT2D eigenvalue weighted by Gasteiger charge is 2.31. The van der Waals surface area contributed by atoms with Crippen LogP contribution in [0.5, 0.6) is 5.75 Å². The Morgan fingerprint density at radius 2 is 1.74 bits per heavy atom. The summed E-state index contributed by atoms with van der Waals surface area (Å²) in [6, 6.07) is 6.70. The lowest BCUT2D eigenvalue weighted by Gasteiger charge is -2.29. The Kier molecular flexibility index (Phi) is 15.4. The van der Waals surface area contributed by atoms with Crippen molar-refractivity contribution in [3.8, 4) is 17.1 Å². The molecule has 0 bridgehead atoms. The number of hydroxylamine groups is 2. The number of amides is 3. The first-order valence-corrected chi connectivity index (χ1v) is 15.3. The fourth-order valence-corrected chi connectivity index (χ4v) is 5.00. The van der Waals surface area contributed by atoms with E-state index in [-0.39, 0.29) is 43.2 Å². The van der Waals surface area contributed by atoms with E-state index < -0.39 is 60.3 Å². The summed E-state index contributed by atoms with van der Waals surface area (Å²) < 4.78 is 11.3. The summed E-state index contributed by atoms with van der Waals surface area (Å²) in [5.41, 5.74) is 0.505. The van der Waals surface area contributed by atoms with Crippen molar-refractivity contribution in [2.45, 2.75) is 78.2 Å². The van der Waals surface area contributed by atoms with Gasteiger partial charge in [0.15, 0.2) is 11.5 Å². The molecule has 252 valence electrons. The molecule has 1 aromatic carbocycles. The normalized spacial score (nSPS) is 12.8. The molecular weight excluding hydrogens is 602 g/mol. The predicted octanol–water partition coefficient (Wildman–Crippen LogP) is 4.11. The van der Waals surface area contributed by atoms with Crippen LogP contribution in [0, 0.1) is 11.8 Å². The fourth-order valence-electron chi connectivity index (χ4n) is 5.00. The third-order valence-corrected chi connectivity index (χ3v) is 7.44. The summed E-state index contributed by atoms with van der Waals surface area (Å²) in [6.45, 7) is 5.54. The van der Waals surface area contributed by atoms with Gasteiger partial charge in [0.2, 0.25) is 12.3 Å². The third-order valence-electron chi connectivity index (χ3n) is 7.44. The van der Waals surface area contributed by atoms with Gasteiger partial charge in [-0.3, -0.25) is 34.0 Å². The van der Waals surface area contributed by atoms with Gasteiger partial charge in [0.25, 0.3) is 5.91 Å². The number of nitrogens with one attached hydrogen (secondary N) is 2. The van der Waals surface area contributed by atoms with E-state index in [4.69, 9.17) is 14.3 Å². The minimum Gasteiger partial charge on any atom is -0.494 e. The highest BCUT2D eigenvalue weighted by Crippen LogP contribution is 2.29. The van der Waals surface area contributed by atoms with Gasteiger partial charge in [-0.25, -0.2) is 5.06 Å². The van der Waals surface area contributed by atoms with Crippen LogP contribution in [0.25, 0.3) is 11.3 Å². The van der Waals surface area contributed by atoms with E-state index >= 15 is 0 Å². The number of ether oxygens (including phenoxy) is 1. The van der Waals surface area contributed by atoms with Crippen molar-refractivity contribution in [2.24, 2.45) is 11.8 Å². The Labute approximate surface area is 267 Å². The number of hydrogen-bond acceptors (Lipinski definition) is 9. The second kappa shape index (κ2) is 18.9. The molecule has 0 saturated heterocycles. The van der Waals surface area contributed by atoms with Crippen LogP contribution >= 0.6 is 0 Å². The molecule has 0 aliphatic heterocycles. The summed E-state index contributed by atoms with van der Waals surface area (Å²) in [4.78, 5) is 72.5. The Hall–Kier alpha value is -4.72. The monoisotopic (exact) mass is 645 g/mol. The van der Waals surface area contributed by atoms with Crippen LogP contribution in [0.1, 0.15) is 93.1 Å². The van der Waals surface area contributed by atoms with Gasteiger partial charge in [-0.2, -0.15) is 0 Å². The number of furan rings is 1. The van der Waals surface area contributed by atoms with Crippen molar-refractivity contribution in [3.63, 3.8) is 0 Å². The minimum absolute atomic E-state index is 0.0908. The highest BCUT2D eigenvalue weighted by molar-refractivity contribution is 5.99. The quantitative estimate of drug-likeness (QED) is 0.0307. The second-order valence-electron chi connectivity index (χ2n) is 10.7. The average molecular weight is 646 g/mol. The van der Waals surface area contributed by atoms with Crippen LogP contribution in [0.15, 0.2) is 34.7 Å². The molecule has 46 heavy (non-hydrogen) atoms. The molecule has 2 aromatic rings. The van der Waals surface area contributed by atoms with E-state index in [2.05, 4.69) is 10.6 Å². The van der Waals surface area contributed by atoms with Gasteiger partial charge in [-0.05, 0) is 56.5 Å². The van der Waals surface area contributed by atoms with Gasteiger partial charge >= 0.3 is 11.9 Å². The number of carboxylic acid groups (broad SMARTS) is 2. The number of carbonyl (C=O) groups excluding carboxylic acids is 4. The van der Waals surface area contributed by atoms with E-state index in [1.165, 1.54) is 24.3 Å². The highest BCUT2D eigenvalue weighted by atomic mass is 16.5. The maximum atomic E-state index is 13.0. The molecule has 1 heterocycles. The number of benzene rings is 1. The lowest BCUT2D eigenvalue weighted by Crippen LogP contribution is -2.47. The molecule has 0 aliphatic carbocycles. The van der Waals surface area contributed by atoms with E-state index in [9.17, 15) is 39.1 Å². The third kappa shape index (κ3) is 11.3. The molecule has 5 N–H and O–H groups in total. The molecule has 0 spiro atoms. The van der Waals surface area contributed by atoms with E-state index in [1.807, 2.05) is 6.92 Å². The number of unbranched alkanes of at least 4 members (excludes halogenated alkanes) is 2. The summed E-state index contributed by atoms with van der Waals surface area (Å²) in [5.74, 6) is -5.48. The zero-order valence-corrected chi connectivity index (χ0v) is 26.3. The van der Waals surface area contributed by atoms with Crippen LogP contribution in [0.2, 0.25) is 0 Å². The van der Waals surface area contributed by atoms with Gasteiger partial charge in [0, 0.05) is 24.0 Å². The summed E-state index contributed by atoms with van der Waals surface area (Å²) >= 11 is 0. The van der Waals surface area contributed by atoms with Gasteiger partial charge in [0.1, 0.15) is 11.5 Å². The molecule has 0 fully saturated rings. The number of carbonyl (C=O) groups is 6. The van der Waals surface area contributed by atoms with Crippen LogP contribution in [-0.4, -0.2) is 75.7 Å². The predicted molar refractivity (Wildman–Crippen MR) is 164 cm³/mol. The van der Waals surface area contributed by atoms with E-state index in [0.29, 0.717) is 29.2 Å². The smallest absolute Gasteiger partial charge is 0.306 e. The van der Waals surface area contributed by atoms with Gasteiger partial charge < -0.3 is 30.0 Å². The van der Waals surface area contributed by atoms with Crippen LogP contribution in [0.4, 0.5) is 0 Å². The molecule has 0 saturated carbocycles. The number of hydrogen-bond donors (Lipinski definition) is 5. The topological polar surface area (TPSA) is 213 Å². The minimum atomic E-state index is -1.28. The van der Waals surface area contributed by atoms with Crippen LogP contribution < -0.4 is 15.4 Å². The maximum Gasteiger partial charge on any atom is 0.306 e. The van der Waals surface area contributed by atoms with Crippen LogP contribution in [-0.2, 0) is 19.2 Å².